The van der Waals surface area contributed by atoms with E-state index >= 15 is 0 Å². The molecule has 4 rings (SSSR count). The number of hydrogen-bond acceptors (Lipinski definition) is 4. The van der Waals surface area contributed by atoms with E-state index in [2.05, 4.69) is 5.32 Å². The van der Waals surface area contributed by atoms with Crippen molar-refractivity contribution >= 4 is 27.5 Å². The third kappa shape index (κ3) is 8.35. The lowest BCUT2D eigenvalue weighted by molar-refractivity contribution is -0.140. The van der Waals surface area contributed by atoms with Crippen LogP contribution in [-0.2, 0) is 32.6 Å². The van der Waals surface area contributed by atoms with Crippen molar-refractivity contribution in [3.05, 3.63) is 131 Å². The largest absolute Gasteiger partial charge is 0.354 e. The van der Waals surface area contributed by atoms with Gasteiger partial charge >= 0.3 is 0 Å². The fraction of sp³-hybridized carbons (Fsp3) is 0.278. The number of aryl methyl sites for hydroxylation is 3. The minimum atomic E-state index is -4.12. The van der Waals surface area contributed by atoms with Gasteiger partial charge in [-0.15, -0.1) is 0 Å². The van der Waals surface area contributed by atoms with Gasteiger partial charge < -0.3 is 10.2 Å². The molecule has 0 saturated heterocycles. The van der Waals surface area contributed by atoms with Crippen LogP contribution in [0.3, 0.4) is 0 Å². The van der Waals surface area contributed by atoms with Gasteiger partial charge in [-0.25, -0.2) is 8.42 Å². The van der Waals surface area contributed by atoms with Crippen LogP contribution in [0.2, 0.25) is 0 Å². The Balaban J connectivity index is 1.78. The summed E-state index contributed by atoms with van der Waals surface area (Å²) in [5.41, 5.74) is 5.07. The van der Waals surface area contributed by atoms with E-state index in [9.17, 15) is 18.0 Å². The number of carbonyl (C=O) groups is 2. The molecule has 4 aromatic carbocycles. The monoisotopic (exact) mass is 611 g/mol. The molecule has 1 atom stereocenters. The van der Waals surface area contributed by atoms with E-state index in [1.807, 2.05) is 94.4 Å². The number of amides is 2. The number of benzene rings is 4. The molecule has 0 spiro atoms. The Labute approximate surface area is 261 Å². The van der Waals surface area contributed by atoms with Gasteiger partial charge in [0.2, 0.25) is 11.8 Å². The Kier molecular flexibility index (Phi) is 11.0. The van der Waals surface area contributed by atoms with Gasteiger partial charge in [-0.05, 0) is 62.6 Å². The molecule has 44 heavy (non-hydrogen) atoms. The first kappa shape index (κ1) is 32.5. The molecule has 4 aromatic rings. The second kappa shape index (κ2) is 14.8. The molecule has 0 aliphatic carbocycles. The van der Waals surface area contributed by atoms with Gasteiger partial charge in [-0.3, -0.25) is 13.9 Å². The fourth-order valence-electron chi connectivity index (χ4n) is 4.89. The number of sulfonamides is 1. The fourth-order valence-corrected chi connectivity index (χ4v) is 6.30. The standard InChI is InChI=1S/C36H41N3O4S/c1-5-23-37-36(41)34(24-30-9-7-6-8-10-30)38(25-31-17-11-27(2)12-18-31)35(40)26-39(32-19-13-28(3)14-20-32)44(42,43)33-21-15-29(4)16-22-33/h6-22,34H,5,23-26H2,1-4H3,(H,37,41). The number of carbonyl (C=O) groups excluding carboxylic acids is 2. The summed E-state index contributed by atoms with van der Waals surface area (Å²) in [5, 5.41) is 2.97. The van der Waals surface area contributed by atoms with Gasteiger partial charge in [-0.2, -0.15) is 0 Å². The van der Waals surface area contributed by atoms with Crippen LogP contribution in [0.4, 0.5) is 5.69 Å². The lowest BCUT2D eigenvalue weighted by Gasteiger charge is -2.34. The third-order valence-electron chi connectivity index (χ3n) is 7.50. The molecule has 0 aliphatic rings. The Morgan fingerprint density at radius 3 is 1.84 bits per heavy atom. The smallest absolute Gasteiger partial charge is 0.264 e. The minimum Gasteiger partial charge on any atom is -0.354 e. The summed E-state index contributed by atoms with van der Waals surface area (Å²) in [7, 11) is -4.12. The average molecular weight is 612 g/mol. The summed E-state index contributed by atoms with van der Waals surface area (Å²) in [6.45, 7) is 7.89. The Morgan fingerprint density at radius 2 is 1.27 bits per heavy atom. The van der Waals surface area contributed by atoms with E-state index in [0.29, 0.717) is 12.2 Å². The maximum atomic E-state index is 14.4. The molecule has 0 saturated carbocycles. The zero-order valence-electron chi connectivity index (χ0n) is 25.9. The first-order valence-corrected chi connectivity index (χ1v) is 16.3. The minimum absolute atomic E-state index is 0.0862. The summed E-state index contributed by atoms with van der Waals surface area (Å²) in [6.07, 6.45) is 1.02. The van der Waals surface area contributed by atoms with E-state index in [1.54, 1.807) is 36.4 Å². The molecule has 1 N–H and O–H groups in total. The lowest BCUT2D eigenvalue weighted by atomic mass is 10.0. The molecular weight excluding hydrogens is 570 g/mol. The number of anilines is 1. The predicted octanol–water partition coefficient (Wildman–Crippen LogP) is 5.97. The van der Waals surface area contributed by atoms with Crippen LogP contribution in [0.1, 0.15) is 41.2 Å². The molecule has 2 amide bonds. The lowest BCUT2D eigenvalue weighted by Crippen LogP contribution is -2.53. The molecular formula is C36H41N3O4S. The van der Waals surface area contributed by atoms with E-state index in [1.165, 1.54) is 4.90 Å². The quantitative estimate of drug-likeness (QED) is 0.202. The van der Waals surface area contributed by atoms with Crippen LogP contribution in [0, 0.1) is 20.8 Å². The third-order valence-corrected chi connectivity index (χ3v) is 9.29. The van der Waals surface area contributed by atoms with Crippen molar-refractivity contribution in [2.24, 2.45) is 0 Å². The first-order chi connectivity index (χ1) is 21.1. The average Bonchev–Trinajstić information content (AvgIpc) is 3.02. The van der Waals surface area contributed by atoms with Gasteiger partial charge in [0.05, 0.1) is 10.6 Å². The van der Waals surface area contributed by atoms with E-state index < -0.39 is 28.5 Å². The van der Waals surface area contributed by atoms with Crippen molar-refractivity contribution in [3.63, 3.8) is 0 Å². The topological polar surface area (TPSA) is 86.8 Å². The Morgan fingerprint density at radius 1 is 0.727 bits per heavy atom. The maximum absolute atomic E-state index is 14.4. The number of nitrogens with zero attached hydrogens (tertiary/aromatic N) is 2. The zero-order valence-corrected chi connectivity index (χ0v) is 26.7. The number of rotatable bonds is 13. The SMILES string of the molecule is CCCNC(=O)C(Cc1ccccc1)N(Cc1ccc(C)cc1)C(=O)CN(c1ccc(C)cc1)S(=O)(=O)c1ccc(C)cc1. The van der Waals surface area contributed by atoms with E-state index in [4.69, 9.17) is 0 Å². The zero-order chi connectivity index (χ0) is 31.7. The number of nitrogens with one attached hydrogen (secondary N) is 1. The van der Waals surface area contributed by atoms with Crippen LogP contribution in [0.5, 0.6) is 0 Å². The van der Waals surface area contributed by atoms with Crippen molar-refractivity contribution in [2.75, 3.05) is 17.4 Å². The van der Waals surface area contributed by atoms with Crippen LogP contribution >= 0.6 is 0 Å². The van der Waals surface area contributed by atoms with Gasteiger partial charge in [0, 0.05) is 19.5 Å². The highest BCUT2D eigenvalue weighted by molar-refractivity contribution is 7.92. The highest BCUT2D eigenvalue weighted by atomic mass is 32.2. The van der Waals surface area contributed by atoms with Gasteiger partial charge in [0.1, 0.15) is 12.6 Å². The molecule has 0 radical (unpaired) electrons. The first-order valence-electron chi connectivity index (χ1n) is 14.9. The normalized spacial score (nSPS) is 11.9. The Bertz CT molecular complexity index is 1640. The molecule has 0 aromatic heterocycles. The number of hydrogen-bond donors (Lipinski definition) is 1. The van der Waals surface area contributed by atoms with Crippen LogP contribution in [0.15, 0.2) is 108 Å². The second-order valence-electron chi connectivity index (χ2n) is 11.2. The second-order valence-corrected chi connectivity index (χ2v) is 13.0. The highest BCUT2D eigenvalue weighted by Gasteiger charge is 2.34. The molecule has 0 heterocycles. The summed E-state index contributed by atoms with van der Waals surface area (Å²) in [5.74, 6) is -0.756. The summed E-state index contributed by atoms with van der Waals surface area (Å²) in [6, 6.07) is 30.1. The molecule has 1 unspecified atom stereocenters. The van der Waals surface area contributed by atoms with Crippen molar-refractivity contribution in [2.45, 2.75) is 58.0 Å². The van der Waals surface area contributed by atoms with Gasteiger partial charge in [-0.1, -0.05) is 102 Å². The highest BCUT2D eigenvalue weighted by Crippen LogP contribution is 2.26. The van der Waals surface area contributed by atoms with E-state index in [0.717, 1.165) is 38.5 Å². The summed E-state index contributed by atoms with van der Waals surface area (Å²) >= 11 is 0. The molecule has 230 valence electrons. The van der Waals surface area contributed by atoms with E-state index in [-0.39, 0.29) is 23.8 Å². The van der Waals surface area contributed by atoms with Gasteiger partial charge in [0.25, 0.3) is 10.0 Å². The summed E-state index contributed by atoms with van der Waals surface area (Å²) < 4.78 is 29.3. The van der Waals surface area contributed by atoms with Crippen molar-refractivity contribution in [3.8, 4) is 0 Å². The predicted molar refractivity (Wildman–Crippen MR) is 176 cm³/mol. The van der Waals surface area contributed by atoms with Crippen LogP contribution in [-0.4, -0.2) is 44.3 Å². The van der Waals surface area contributed by atoms with Crippen molar-refractivity contribution in [1.82, 2.24) is 10.2 Å². The summed E-state index contributed by atoms with van der Waals surface area (Å²) in [4.78, 5) is 29.8. The van der Waals surface area contributed by atoms with Gasteiger partial charge in [0.15, 0.2) is 0 Å². The molecule has 0 bridgehead atoms. The molecule has 0 fully saturated rings. The van der Waals surface area contributed by atoms with Crippen LogP contribution < -0.4 is 9.62 Å². The Hall–Kier alpha value is -4.43. The maximum Gasteiger partial charge on any atom is 0.264 e. The molecule has 0 aliphatic heterocycles. The van der Waals surface area contributed by atoms with Crippen molar-refractivity contribution in [1.29, 1.82) is 0 Å². The van der Waals surface area contributed by atoms with Crippen molar-refractivity contribution < 1.29 is 18.0 Å². The van der Waals surface area contributed by atoms with Crippen LogP contribution in [0.25, 0.3) is 0 Å². The molecule has 8 heteroatoms. The molecule has 7 nitrogen and oxygen atoms in total.